The van der Waals surface area contributed by atoms with Crippen LogP contribution in [0.2, 0.25) is 0 Å². The van der Waals surface area contributed by atoms with Crippen LogP contribution in [0.15, 0.2) is 10.4 Å². The number of piperidine rings is 1. The molecule has 28 heavy (non-hydrogen) atoms. The molecule has 3 heterocycles. The van der Waals surface area contributed by atoms with Crippen LogP contribution in [-0.2, 0) is 22.2 Å². The van der Waals surface area contributed by atoms with Gasteiger partial charge in [0.25, 0.3) is 0 Å². The van der Waals surface area contributed by atoms with E-state index in [1.165, 1.54) is 0 Å². The molecule has 1 atom stereocenters. The Morgan fingerprint density at radius 2 is 2.18 bits per heavy atom. The number of hydrogen-bond donors (Lipinski definition) is 1. The van der Waals surface area contributed by atoms with Crippen molar-refractivity contribution in [2.45, 2.75) is 57.5 Å². The second kappa shape index (κ2) is 9.89. The van der Waals surface area contributed by atoms with Crippen LogP contribution in [0.5, 0.6) is 0 Å². The number of halogens is 3. The Hall–Kier alpha value is -1.39. The lowest BCUT2D eigenvalue weighted by molar-refractivity contribution is -0.140. The van der Waals surface area contributed by atoms with Crippen molar-refractivity contribution in [3.8, 4) is 0 Å². The first-order valence-corrected chi connectivity index (χ1v) is 10.6. The molecular formula is C18H27F3N4O2S. The molecule has 0 bridgehead atoms. The topological polar surface area (TPSA) is 59.0 Å². The van der Waals surface area contributed by atoms with Gasteiger partial charge in [-0.2, -0.15) is 13.2 Å². The van der Waals surface area contributed by atoms with Crippen molar-refractivity contribution in [2.75, 3.05) is 32.8 Å². The number of nitrogens with one attached hydrogen (secondary N) is 1. The maximum Gasteiger partial charge on any atom is 0.434 e. The van der Waals surface area contributed by atoms with Crippen molar-refractivity contribution in [3.63, 3.8) is 0 Å². The Kier molecular flexibility index (Phi) is 7.53. The van der Waals surface area contributed by atoms with E-state index in [1.807, 2.05) is 6.92 Å². The SMILES string of the molecule is CCNC(=NCc1nc(C(F)(F)F)cs1)N1CCC(OCC2CCCO2)CC1. The summed E-state index contributed by atoms with van der Waals surface area (Å²) >= 11 is 0.986. The van der Waals surface area contributed by atoms with Crippen LogP contribution in [-0.4, -0.2) is 60.9 Å². The van der Waals surface area contributed by atoms with Crippen molar-refractivity contribution in [2.24, 2.45) is 4.99 Å². The molecule has 1 unspecified atom stereocenters. The number of hydrogen-bond acceptors (Lipinski definition) is 5. The molecule has 1 aromatic heterocycles. The molecule has 0 saturated carbocycles. The molecule has 3 rings (SSSR count). The summed E-state index contributed by atoms with van der Waals surface area (Å²) in [6.07, 6.45) is 0.0168. The van der Waals surface area contributed by atoms with Crippen LogP contribution >= 0.6 is 11.3 Å². The van der Waals surface area contributed by atoms with Gasteiger partial charge in [0.05, 0.1) is 25.4 Å². The Morgan fingerprint density at radius 3 is 2.79 bits per heavy atom. The number of likely N-dealkylation sites (tertiary alicyclic amines) is 1. The maximum absolute atomic E-state index is 12.7. The molecule has 2 fully saturated rings. The van der Waals surface area contributed by atoms with Crippen LogP contribution in [0.3, 0.4) is 0 Å². The first-order valence-electron chi connectivity index (χ1n) is 9.73. The predicted molar refractivity (Wildman–Crippen MR) is 101 cm³/mol. The largest absolute Gasteiger partial charge is 0.434 e. The predicted octanol–water partition coefficient (Wildman–Crippen LogP) is 3.29. The van der Waals surface area contributed by atoms with E-state index >= 15 is 0 Å². The molecule has 0 radical (unpaired) electrons. The maximum atomic E-state index is 12.7. The average Bonchev–Trinajstić information content (AvgIpc) is 3.35. The fourth-order valence-electron chi connectivity index (χ4n) is 3.34. The normalized spacial score (nSPS) is 22.1. The number of rotatable bonds is 6. The van der Waals surface area contributed by atoms with E-state index in [1.54, 1.807) is 0 Å². The number of thiazole rings is 1. The molecule has 0 spiro atoms. The minimum absolute atomic E-state index is 0.137. The van der Waals surface area contributed by atoms with Gasteiger partial charge in [-0.1, -0.05) is 0 Å². The minimum Gasteiger partial charge on any atom is -0.376 e. The van der Waals surface area contributed by atoms with Crippen molar-refractivity contribution in [1.82, 2.24) is 15.2 Å². The zero-order chi connectivity index (χ0) is 20.0. The molecule has 2 aliphatic rings. The summed E-state index contributed by atoms with van der Waals surface area (Å²) in [5, 5.41) is 4.62. The van der Waals surface area contributed by atoms with Gasteiger partial charge in [0, 0.05) is 31.6 Å². The number of alkyl halides is 3. The zero-order valence-corrected chi connectivity index (χ0v) is 16.8. The summed E-state index contributed by atoms with van der Waals surface area (Å²) in [5.41, 5.74) is -0.850. The van der Waals surface area contributed by atoms with E-state index < -0.39 is 11.9 Å². The lowest BCUT2D eigenvalue weighted by Crippen LogP contribution is -2.47. The van der Waals surface area contributed by atoms with Gasteiger partial charge in [-0.15, -0.1) is 11.3 Å². The summed E-state index contributed by atoms with van der Waals surface area (Å²) in [6, 6.07) is 0. The van der Waals surface area contributed by atoms with Gasteiger partial charge in [-0.25, -0.2) is 9.98 Å². The summed E-state index contributed by atoms with van der Waals surface area (Å²) in [5.74, 6) is 0.712. The molecule has 1 aromatic rings. The van der Waals surface area contributed by atoms with Crippen molar-refractivity contribution < 1.29 is 22.6 Å². The molecule has 1 N–H and O–H groups in total. The van der Waals surface area contributed by atoms with Crippen LogP contribution in [0.1, 0.15) is 43.3 Å². The Bertz CT molecular complexity index is 639. The highest BCUT2D eigenvalue weighted by Crippen LogP contribution is 2.30. The third kappa shape index (κ3) is 6.05. The van der Waals surface area contributed by atoms with E-state index in [4.69, 9.17) is 9.47 Å². The smallest absolute Gasteiger partial charge is 0.376 e. The van der Waals surface area contributed by atoms with Crippen molar-refractivity contribution in [3.05, 3.63) is 16.1 Å². The van der Waals surface area contributed by atoms with E-state index in [-0.39, 0.29) is 18.8 Å². The monoisotopic (exact) mass is 420 g/mol. The molecule has 158 valence electrons. The Balaban J connectivity index is 1.49. The first-order chi connectivity index (χ1) is 13.5. The number of guanidine groups is 1. The molecule has 0 aliphatic carbocycles. The fourth-order valence-corrected chi connectivity index (χ4v) is 4.06. The summed E-state index contributed by atoms with van der Waals surface area (Å²) < 4.78 is 49.6. The lowest BCUT2D eigenvalue weighted by Gasteiger charge is -2.34. The van der Waals surface area contributed by atoms with Gasteiger partial charge in [0.2, 0.25) is 0 Å². The lowest BCUT2D eigenvalue weighted by atomic mass is 10.1. The van der Waals surface area contributed by atoms with E-state index in [0.29, 0.717) is 24.1 Å². The van der Waals surface area contributed by atoms with E-state index in [9.17, 15) is 13.2 Å². The van der Waals surface area contributed by atoms with Gasteiger partial charge in [0.1, 0.15) is 5.01 Å². The van der Waals surface area contributed by atoms with Gasteiger partial charge in [-0.3, -0.25) is 0 Å². The van der Waals surface area contributed by atoms with Crippen molar-refractivity contribution in [1.29, 1.82) is 0 Å². The standard InChI is InChI=1S/C18H27F3N4O2S/c1-2-22-17(23-10-16-24-15(12-28-16)18(19,20)21)25-7-5-13(6-8-25)27-11-14-4-3-9-26-14/h12-14H,2-11H2,1H3,(H,22,23). The number of ether oxygens (including phenoxy) is 2. The number of aromatic nitrogens is 1. The molecular weight excluding hydrogens is 393 g/mol. The molecule has 0 aromatic carbocycles. The van der Waals surface area contributed by atoms with Gasteiger partial charge in [-0.05, 0) is 32.6 Å². The second-order valence-electron chi connectivity index (χ2n) is 6.95. The van der Waals surface area contributed by atoms with Gasteiger partial charge in [0.15, 0.2) is 11.7 Å². The van der Waals surface area contributed by atoms with Crippen LogP contribution in [0.4, 0.5) is 13.2 Å². The van der Waals surface area contributed by atoms with Crippen molar-refractivity contribution >= 4 is 17.3 Å². The molecule has 2 saturated heterocycles. The Morgan fingerprint density at radius 1 is 1.39 bits per heavy atom. The average molecular weight is 421 g/mol. The highest BCUT2D eigenvalue weighted by Gasteiger charge is 2.33. The molecule has 10 heteroatoms. The molecule has 6 nitrogen and oxygen atoms in total. The fraction of sp³-hybridized carbons (Fsp3) is 0.778. The summed E-state index contributed by atoms with van der Waals surface area (Å²) in [7, 11) is 0. The second-order valence-corrected chi connectivity index (χ2v) is 7.89. The highest BCUT2D eigenvalue weighted by molar-refractivity contribution is 7.09. The highest BCUT2D eigenvalue weighted by atomic mass is 32.1. The van der Waals surface area contributed by atoms with Gasteiger partial charge < -0.3 is 19.7 Å². The number of aliphatic imine (C=N–C) groups is 1. The van der Waals surface area contributed by atoms with Crippen LogP contribution < -0.4 is 5.32 Å². The third-order valence-corrected chi connectivity index (χ3v) is 5.66. The summed E-state index contributed by atoms with van der Waals surface area (Å²) in [6.45, 7) is 5.89. The third-order valence-electron chi connectivity index (χ3n) is 4.82. The molecule has 2 aliphatic heterocycles. The zero-order valence-electron chi connectivity index (χ0n) is 16.0. The summed E-state index contributed by atoms with van der Waals surface area (Å²) in [4.78, 5) is 10.3. The van der Waals surface area contributed by atoms with Crippen LogP contribution in [0, 0.1) is 0 Å². The van der Waals surface area contributed by atoms with Gasteiger partial charge >= 0.3 is 6.18 Å². The Labute approximate surface area is 167 Å². The molecule has 0 amide bonds. The number of nitrogens with zero attached hydrogens (tertiary/aromatic N) is 3. The van der Waals surface area contributed by atoms with E-state index in [0.717, 1.165) is 62.1 Å². The quantitative estimate of drug-likeness (QED) is 0.565. The van der Waals surface area contributed by atoms with Crippen LogP contribution in [0.25, 0.3) is 0 Å². The first kappa shape index (κ1) is 21.3. The van der Waals surface area contributed by atoms with E-state index in [2.05, 4.69) is 20.2 Å². The minimum atomic E-state index is -4.41.